The Bertz CT molecular complexity index is 782. The number of hydrogen-bond acceptors (Lipinski definition) is 5. The molecule has 0 aliphatic heterocycles. The number of sulfonamides is 1. The highest BCUT2D eigenvalue weighted by molar-refractivity contribution is 7.91. The highest BCUT2D eigenvalue weighted by Gasteiger charge is 2.15. The maximum Gasteiger partial charge on any atom is 0.250 e. The fourth-order valence-electron chi connectivity index (χ4n) is 2.21. The van der Waals surface area contributed by atoms with Crippen molar-refractivity contribution >= 4 is 38.7 Å². The molecular formula is C16H24N4O2S3. The van der Waals surface area contributed by atoms with Gasteiger partial charge in [0, 0.05) is 43.5 Å². The number of aliphatic imine (C=N–C) groups is 1. The molecule has 2 rings (SSSR count). The van der Waals surface area contributed by atoms with E-state index >= 15 is 0 Å². The number of guanidine groups is 1. The summed E-state index contributed by atoms with van der Waals surface area (Å²) in [7, 11) is 0.271. The fraction of sp³-hybridized carbons (Fsp3) is 0.438. The van der Waals surface area contributed by atoms with Gasteiger partial charge in [-0.05, 0) is 36.9 Å². The van der Waals surface area contributed by atoms with E-state index in [4.69, 9.17) is 0 Å². The topological polar surface area (TPSA) is 73.8 Å². The quantitative estimate of drug-likeness (QED) is 0.405. The van der Waals surface area contributed by atoms with E-state index in [1.54, 1.807) is 24.5 Å². The van der Waals surface area contributed by atoms with E-state index in [0.717, 1.165) is 23.8 Å². The molecule has 9 heteroatoms. The Balaban J connectivity index is 1.75. The minimum atomic E-state index is -3.43. The van der Waals surface area contributed by atoms with Gasteiger partial charge in [-0.3, -0.25) is 4.99 Å². The van der Waals surface area contributed by atoms with Gasteiger partial charge < -0.3 is 10.2 Å². The zero-order valence-electron chi connectivity index (χ0n) is 14.7. The molecule has 25 heavy (non-hydrogen) atoms. The molecule has 0 radical (unpaired) electrons. The summed E-state index contributed by atoms with van der Waals surface area (Å²) in [6.07, 6.45) is 0.958. The fourth-order valence-corrected chi connectivity index (χ4v) is 5.27. The van der Waals surface area contributed by atoms with Gasteiger partial charge in [0.2, 0.25) is 10.0 Å². The van der Waals surface area contributed by atoms with Crippen LogP contribution >= 0.6 is 22.7 Å². The average Bonchev–Trinajstić information content (AvgIpc) is 3.24. The lowest BCUT2D eigenvalue weighted by atomic mass is 10.3. The first kappa shape index (κ1) is 19.9. The van der Waals surface area contributed by atoms with Crippen molar-refractivity contribution in [2.24, 2.45) is 4.99 Å². The van der Waals surface area contributed by atoms with E-state index in [9.17, 15) is 8.42 Å². The van der Waals surface area contributed by atoms with Crippen molar-refractivity contribution in [1.29, 1.82) is 0 Å². The number of hydrogen-bond donors (Lipinski definition) is 2. The average molecular weight is 401 g/mol. The van der Waals surface area contributed by atoms with Crippen LogP contribution in [0.25, 0.3) is 0 Å². The lowest BCUT2D eigenvalue weighted by Gasteiger charge is -2.21. The third-order valence-corrected chi connectivity index (χ3v) is 7.42. The first-order chi connectivity index (χ1) is 11.9. The molecule has 0 aliphatic rings. The highest BCUT2D eigenvalue weighted by atomic mass is 32.2. The zero-order valence-corrected chi connectivity index (χ0v) is 17.1. The second-order valence-electron chi connectivity index (χ2n) is 5.49. The Morgan fingerprint density at radius 2 is 2.08 bits per heavy atom. The normalized spacial score (nSPS) is 12.4. The highest BCUT2D eigenvalue weighted by Crippen LogP contribution is 2.19. The first-order valence-electron chi connectivity index (χ1n) is 7.92. The molecule has 2 heterocycles. The number of aryl methyl sites for hydroxylation is 1. The number of rotatable bonds is 8. The Hall–Kier alpha value is -1.42. The van der Waals surface area contributed by atoms with Crippen LogP contribution in [-0.4, -0.2) is 53.0 Å². The van der Waals surface area contributed by atoms with Crippen molar-refractivity contribution in [2.45, 2.75) is 17.6 Å². The summed E-state index contributed by atoms with van der Waals surface area (Å²) in [4.78, 5) is 8.59. The Labute approximate surface area is 157 Å². The van der Waals surface area contributed by atoms with Gasteiger partial charge in [-0.2, -0.15) is 0 Å². The number of likely N-dealkylation sites (N-methyl/N-ethyl adjacent to an activating group) is 1. The Morgan fingerprint density at radius 3 is 2.68 bits per heavy atom. The Morgan fingerprint density at radius 1 is 1.28 bits per heavy atom. The van der Waals surface area contributed by atoms with Crippen LogP contribution in [0.5, 0.6) is 0 Å². The molecule has 0 saturated heterocycles. The van der Waals surface area contributed by atoms with Crippen molar-refractivity contribution in [3.05, 3.63) is 39.4 Å². The number of nitrogens with zero attached hydrogens (tertiary/aromatic N) is 2. The van der Waals surface area contributed by atoms with Crippen LogP contribution in [0.2, 0.25) is 0 Å². The second kappa shape index (κ2) is 9.33. The monoisotopic (exact) mass is 400 g/mol. The maximum absolute atomic E-state index is 12.2. The van der Waals surface area contributed by atoms with Gasteiger partial charge in [0.05, 0.1) is 0 Å². The molecule has 0 atom stereocenters. The number of nitrogens with one attached hydrogen (secondary N) is 2. The Kier molecular flexibility index (Phi) is 7.42. The van der Waals surface area contributed by atoms with Gasteiger partial charge in [-0.15, -0.1) is 22.7 Å². The van der Waals surface area contributed by atoms with Crippen LogP contribution in [0.4, 0.5) is 0 Å². The van der Waals surface area contributed by atoms with Gasteiger partial charge in [-0.1, -0.05) is 6.07 Å². The van der Waals surface area contributed by atoms with Gasteiger partial charge in [0.1, 0.15) is 4.21 Å². The van der Waals surface area contributed by atoms with Gasteiger partial charge in [0.25, 0.3) is 0 Å². The van der Waals surface area contributed by atoms with E-state index in [2.05, 4.69) is 26.5 Å². The van der Waals surface area contributed by atoms with Crippen molar-refractivity contribution in [3.63, 3.8) is 0 Å². The predicted molar refractivity (Wildman–Crippen MR) is 106 cm³/mol. The molecular weight excluding hydrogens is 376 g/mol. The van der Waals surface area contributed by atoms with Crippen LogP contribution in [-0.2, 0) is 16.4 Å². The summed E-state index contributed by atoms with van der Waals surface area (Å²) in [6.45, 7) is 3.51. The molecule has 0 unspecified atom stereocenters. The van der Waals surface area contributed by atoms with Crippen LogP contribution in [0.3, 0.4) is 0 Å². The van der Waals surface area contributed by atoms with Gasteiger partial charge >= 0.3 is 0 Å². The predicted octanol–water partition coefficient (Wildman–Crippen LogP) is 2.15. The van der Waals surface area contributed by atoms with E-state index in [-0.39, 0.29) is 0 Å². The van der Waals surface area contributed by atoms with Crippen LogP contribution in [0.15, 0.2) is 38.8 Å². The van der Waals surface area contributed by atoms with Crippen LogP contribution < -0.4 is 10.0 Å². The van der Waals surface area contributed by atoms with Crippen molar-refractivity contribution in [2.75, 3.05) is 33.7 Å². The molecule has 138 valence electrons. The van der Waals surface area contributed by atoms with Crippen LogP contribution in [0.1, 0.15) is 9.75 Å². The van der Waals surface area contributed by atoms with E-state index in [1.807, 2.05) is 31.0 Å². The van der Waals surface area contributed by atoms with Crippen molar-refractivity contribution < 1.29 is 8.42 Å². The summed E-state index contributed by atoms with van der Waals surface area (Å²) in [5.74, 6) is 0.753. The molecule has 6 nitrogen and oxygen atoms in total. The smallest absolute Gasteiger partial charge is 0.250 e. The summed E-state index contributed by atoms with van der Waals surface area (Å²) in [5, 5.41) is 5.26. The molecule has 0 amide bonds. The molecule has 0 spiro atoms. The third kappa shape index (κ3) is 6.10. The van der Waals surface area contributed by atoms with Crippen molar-refractivity contribution in [1.82, 2.24) is 14.9 Å². The van der Waals surface area contributed by atoms with Gasteiger partial charge in [0.15, 0.2) is 5.96 Å². The molecule has 0 aromatic carbocycles. The molecule has 2 aromatic heterocycles. The van der Waals surface area contributed by atoms with Crippen molar-refractivity contribution in [3.8, 4) is 0 Å². The first-order valence-corrected chi connectivity index (χ1v) is 11.1. The summed E-state index contributed by atoms with van der Waals surface area (Å²) in [6, 6.07) is 7.61. The third-order valence-electron chi connectivity index (χ3n) is 3.53. The molecule has 2 aromatic rings. The minimum Gasteiger partial charge on any atom is -0.355 e. The minimum absolute atomic E-state index is 0.303. The van der Waals surface area contributed by atoms with E-state index < -0.39 is 10.0 Å². The molecule has 0 bridgehead atoms. The van der Waals surface area contributed by atoms with E-state index in [0.29, 0.717) is 17.3 Å². The molecule has 0 saturated carbocycles. The lowest BCUT2D eigenvalue weighted by Crippen LogP contribution is -2.43. The summed E-state index contributed by atoms with van der Waals surface area (Å²) >= 11 is 3.02. The van der Waals surface area contributed by atoms with Crippen LogP contribution in [0, 0.1) is 6.92 Å². The number of thiophene rings is 2. The lowest BCUT2D eigenvalue weighted by molar-refractivity contribution is 0.486. The molecule has 0 aliphatic carbocycles. The maximum atomic E-state index is 12.2. The second-order valence-corrected chi connectivity index (χ2v) is 9.80. The molecule has 2 N–H and O–H groups in total. The summed E-state index contributed by atoms with van der Waals surface area (Å²) in [5.41, 5.74) is 0. The SMILES string of the molecule is CN=C(NCCNS(=O)(=O)c1ccc(C)s1)N(C)CCc1cccs1. The molecule has 0 fully saturated rings. The van der Waals surface area contributed by atoms with Gasteiger partial charge in [-0.25, -0.2) is 13.1 Å². The largest absolute Gasteiger partial charge is 0.355 e. The van der Waals surface area contributed by atoms with E-state index in [1.165, 1.54) is 16.2 Å². The summed E-state index contributed by atoms with van der Waals surface area (Å²) < 4.78 is 27.3. The zero-order chi connectivity index (χ0) is 18.3. The standard InChI is InChI=1S/C16H24N4O2S3/c1-13-6-7-15(24-13)25(21,22)19-10-9-18-16(17-2)20(3)11-8-14-5-4-12-23-14/h4-7,12,19H,8-11H2,1-3H3,(H,17,18).